The molecule has 1 fully saturated rings. The van der Waals surface area contributed by atoms with Crippen LogP contribution >= 0.6 is 0 Å². The van der Waals surface area contributed by atoms with Gasteiger partial charge in [0.25, 0.3) is 0 Å². The number of aryl methyl sites for hydroxylation is 1. The van der Waals surface area contributed by atoms with Crippen LogP contribution in [0.5, 0.6) is 0 Å². The Kier molecular flexibility index (Phi) is 5.50. The summed E-state index contributed by atoms with van der Waals surface area (Å²) in [5.41, 5.74) is 4.30. The van der Waals surface area contributed by atoms with Gasteiger partial charge in [-0.05, 0) is 19.4 Å². The van der Waals surface area contributed by atoms with Gasteiger partial charge in [-0.2, -0.15) is 5.10 Å². The van der Waals surface area contributed by atoms with E-state index in [2.05, 4.69) is 19.1 Å². The Hall–Kier alpha value is -2.18. The molecule has 6 heteroatoms. The van der Waals surface area contributed by atoms with E-state index in [-0.39, 0.29) is 18.6 Å². The molecule has 0 unspecified atom stereocenters. The van der Waals surface area contributed by atoms with Crippen molar-refractivity contribution in [2.24, 2.45) is 0 Å². The van der Waals surface area contributed by atoms with E-state index in [0.29, 0.717) is 26.3 Å². The topological polar surface area (TPSA) is 56.6 Å². The van der Waals surface area contributed by atoms with Crippen molar-refractivity contribution < 1.29 is 14.3 Å². The highest BCUT2D eigenvalue weighted by molar-refractivity contribution is 5.78. The molecule has 1 aliphatic heterocycles. The molecule has 1 aromatic heterocycles. The van der Waals surface area contributed by atoms with Crippen LogP contribution in [0.3, 0.4) is 0 Å². The lowest BCUT2D eigenvalue weighted by atomic mass is 10.0. The molecule has 0 bridgehead atoms. The van der Waals surface area contributed by atoms with Crippen molar-refractivity contribution in [3.8, 4) is 0 Å². The molecule has 2 heterocycles. The summed E-state index contributed by atoms with van der Waals surface area (Å²) >= 11 is 0. The zero-order valence-electron chi connectivity index (χ0n) is 15.1. The van der Waals surface area contributed by atoms with Gasteiger partial charge >= 0.3 is 0 Å². The van der Waals surface area contributed by atoms with Gasteiger partial charge in [-0.3, -0.25) is 9.48 Å². The summed E-state index contributed by atoms with van der Waals surface area (Å²) in [5.74, 6) is -0.00888. The Morgan fingerprint density at radius 1 is 1.32 bits per heavy atom. The Balaban J connectivity index is 1.89. The van der Waals surface area contributed by atoms with Crippen LogP contribution in [0.15, 0.2) is 30.3 Å². The number of rotatable bonds is 5. The number of hydrogen-bond acceptors (Lipinski definition) is 4. The van der Waals surface area contributed by atoms with Gasteiger partial charge in [-0.15, -0.1) is 0 Å². The molecule has 0 N–H and O–H groups in total. The van der Waals surface area contributed by atoms with Gasteiger partial charge in [0.2, 0.25) is 5.91 Å². The van der Waals surface area contributed by atoms with E-state index < -0.39 is 0 Å². The SMILES string of the molecule is COCC(=O)N1CCOC[C@@H]1c1c(C)nn(Cc2ccccc2)c1C. The minimum Gasteiger partial charge on any atom is -0.377 e. The summed E-state index contributed by atoms with van der Waals surface area (Å²) in [6.45, 7) is 6.50. The molecule has 1 aromatic carbocycles. The molecule has 25 heavy (non-hydrogen) atoms. The number of carbonyl (C=O) groups excluding carboxylic acids is 1. The van der Waals surface area contributed by atoms with Gasteiger partial charge in [0, 0.05) is 24.9 Å². The molecule has 6 nitrogen and oxygen atoms in total. The zero-order chi connectivity index (χ0) is 17.8. The molecule has 0 aliphatic carbocycles. The summed E-state index contributed by atoms with van der Waals surface area (Å²) in [7, 11) is 1.54. The first-order valence-corrected chi connectivity index (χ1v) is 8.55. The first kappa shape index (κ1) is 17.6. The van der Waals surface area contributed by atoms with Crippen LogP contribution in [0.2, 0.25) is 0 Å². The average Bonchev–Trinajstić information content (AvgIpc) is 2.89. The van der Waals surface area contributed by atoms with Crippen molar-refractivity contribution in [2.45, 2.75) is 26.4 Å². The molecular formula is C19H25N3O3. The lowest BCUT2D eigenvalue weighted by Gasteiger charge is -2.36. The highest BCUT2D eigenvalue weighted by Crippen LogP contribution is 2.30. The van der Waals surface area contributed by atoms with E-state index in [9.17, 15) is 4.79 Å². The highest BCUT2D eigenvalue weighted by Gasteiger charge is 2.32. The molecule has 1 saturated heterocycles. The van der Waals surface area contributed by atoms with Crippen LogP contribution in [0.1, 0.15) is 28.6 Å². The fourth-order valence-electron chi connectivity index (χ4n) is 3.45. The third-order valence-electron chi connectivity index (χ3n) is 4.66. The normalized spacial score (nSPS) is 17.7. The van der Waals surface area contributed by atoms with Crippen molar-refractivity contribution in [1.82, 2.24) is 14.7 Å². The maximum absolute atomic E-state index is 12.4. The number of aromatic nitrogens is 2. The second-order valence-corrected chi connectivity index (χ2v) is 6.34. The van der Waals surface area contributed by atoms with E-state index >= 15 is 0 Å². The minimum atomic E-state index is -0.110. The predicted molar refractivity (Wildman–Crippen MR) is 94.4 cm³/mol. The molecule has 1 aliphatic rings. The minimum absolute atomic E-state index is 0.00888. The van der Waals surface area contributed by atoms with E-state index in [1.54, 1.807) is 7.11 Å². The van der Waals surface area contributed by atoms with Crippen molar-refractivity contribution in [3.63, 3.8) is 0 Å². The molecule has 0 spiro atoms. The maximum atomic E-state index is 12.4. The molecule has 3 rings (SSSR count). The van der Waals surface area contributed by atoms with Gasteiger partial charge in [0.1, 0.15) is 6.61 Å². The van der Waals surface area contributed by atoms with Crippen molar-refractivity contribution in [3.05, 3.63) is 52.8 Å². The molecule has 1 atom stereocenters. The van der Waals surface area contributed by atoms with E-state index in [4.69, 9.17) is 14.6 Å². The van der Waals surface area contributed by atoms with Gasteiger partial charge in [0.15, 0.2) is 0 Å². The van der Waals surface area contributed by atoms with Crippen LogP contribution in [-0.4, -0.2) is 54.1 Å². The second-order valence-electron chi connectivity index (χ2n) is 6.34. The fourth-order valence-corrected chi connectivity index (χ4v) is 3.45. The number of ether oxygens (including phenoxy) is 2. The number of carbonyl (C=O) groups is 1. The Morgan fingerprint density at radius 3 is 2.80 bits per heavy atom. The summed E-state index contributed by atoms with van der Waals surface area (Å²) in [4.78, 5) is 14.3. The Labute approximate surface area is 148 Å². The van der Waals surface area contributed by atoms with Crippen LogP contribution in [0.4, 0.5) is 0 Å². The quantitative estimate of drug-likeness (QED) is 0.834. The Bertz CT molecular complexity index is 727. The number of methoxy groups -OCH3 is 1. The second kappa shape index (κ2) is 7.80. The van der Waals surface area contributed by atoms with Gasteiger partial charge in [-0.25, -0.2) is 0 Å². The van der Waals surface area contributed by atoms with Gasteiger partial charge < -0.3 is 14.4 Å². The number of nitrogens with zero attached hydrogens (tertiary/aromatic N) is 3. The fraction of sp³-hybridized carbons (Fsp3) is 0.474. The summed E-state index contributed by atoms with van der Waals surface area (Å²) < 4.78 is 12.7. The van der Waals surface area contributed by atoms with E-state index in [0.717, 1.165) is 17.0 Å². The van der Waals surface area contributed by atoms with Crippen LogP contribution in [-0.2, 0) is 20.8 Å². The average molecular weight is 343 g/mol. The molecule has 1 amide bonds. The van der Waals surface area contributed by atoms with E-state index in [1.165, 1.54) is 5.56 Å². The van der Waals surface area contributed by atoms with E-state index in [1.807, 2.05) is 34.7 Å². The third kappa shape index (κ3) is 3.75. The smallest absolute Gasteiger partial charge is 0.249 e. The van der Waals surface area contributed by atoms with Crippen LogP contribution in [0, 0.1) is 13.8 Å². The monoisotopic (exact) mass is 343 g/mol. The molecular weight excluding hydrogens is 318 g/mol. The Morgan fingerprint density at radius 2 is 2.08 bits per heavy atom. The molecule has 2 aromatic rings. The number of hydrogen-bond donors (Lipinski definition) is 0. The highest BCUT2D eigenvalue weighted by atomic mass is 16.5. The van der Waals surface area contributed by atoms with Crippen molar-refractivity contribution >= 4 is 5.91 Å². The van der Waals surface area contributed by atoms with Crippen molar-refractivity contribution in [2.75, 3.05) is 33.5 Å². The lowest BCUT2D eigenvalue weighted by Crippen LogP contribution is -2.45. The van der Waals surface area contributed by atoms with Gasteiger partial charge in [0.05, 0.1) is 31.5 Å². The van der Waals surface area contributed by atoms with Gasteiger partial charge in [-0.1, -0.05) is 30.3 Å². The predicted octanol–water partition coefficient (Wildman–Crippen LogP) is 2.09. The summed E-state index contributed by atoms with van der Waals surface area (Å²) in [5, 5.41) is 4.71. The summed E-state index contributed by atoms with van der Waals surface area (Å²) in [6, 6.07) is 10.1. The molecule has 0 saturated carbocycles. The zero-order valence-corrected chi connectivity index (χ0v) is 15.1. The first-order chi connectivity index (χ1) is 12.1. The maximum Gasteiger partial charge on any atom is 0.249 e. The largest absolute Gasteiger partial charge is 0.377 e. The summed E-state index contributed by atoms with van der Waals surface area (Å²) in [6.07, 6.45) is 0. The number of morpholine rings is 1. The number of amides is 1. The van der Waals surface area contributed by atoms with Crippen molar-refractivity contribution in [1.29, 1.82) is 0 Å². The molecule has 134 valence electrons. The molecule has 0 radical (unpaired) electrons. The first-order valence-electron chi connectivity index (χ1n) is 8.55. The van der Waals surface area contributed by atoms with Crippen LogP contribution in [0.25, 0.3) is 0 Å². The standard InChI is InChI=1S/C19H25N3O3/c1-14-19(17-12-25-10-9-21(17)18(23)13-24-3)15(2)22(20-14)11-16-7-5-4-6-8-16/h4-8,17H,9-13H2,1-3H3/t17-/m1/s1. The number of benzene rings is 1. The van der Waals surface area contributed by atoms with Crippen LogP contribution < -0.4 is 0 Å². The third-order valence-corrected chi connectivity index (χ3v) is 4.66. The lowest BCUT2D eigenvalue weighted by molar-refractivity contribution is -0.144.